The van der Waals surface area contributed by atoms with Crippen LogP contribution >= 0.6 is 0 Å². The Morgan fingerprint density at radius 3 is 2.16 bits per heavy atom. The Balaban J connectivity index is 3.13. The van der Waals surface area contributed by atoms with Crippen LogP contribution in [0.5, 0.6) is 0 Å². The topological polar surface area (TPSA) is 90.0 Å². The van der Waals surface area contributed by atoms with Gasteiger partial charge in [0.25, 0.3) is 0 Å². The summed E-state index contributed by atoms with van der Waals surface area (Å²) in [5, 5.41) is 12.3. The zero-order chi connectivity index (χ0) is 23.9. The first-order chi connectivity index (χ1) is 14.4. The average molecular weight is 438 g/mol. The first-order valence-corrected chi connectivity index (χ1v) is 11.7. The number of hydrogen-bond donors (Lipinski definition) is 2. The molecule has 2 amide bonds. The standard InChI is InChI=1S/C24H43N3O4/c1-9-26(20(15(2)3)14-18(8)24(30)31)23(29)21(16(4)5)25-22(28)19-12-10-11-13-27(19)17(6)7/h14-17,19-21H,9-13H2,1-8H3,(H,25,28)(H,30,31)/b18-14+/t19?,20-,21+/m1/s1. The molecular formula is C24H43N3O4. The second-order valence-corrected chi connectivity index (χ2v) is 9.59. The van der Waals surface area contributed by atoms with Gasteiger partial charge in [0.15, 0.2) is 0 Å². The van der Waals surface area contributed by atoms with Crippen molar-refractivity contribution in [3.8, 4) is 0 Å². The fourth-order valence-electron chi connectivity index (χ4n) is 4.28. The molecule has 0 aromatic rings. The number of amides is 2. The Labute approximate surface area is 188 Å². The van der Waals surface area contributed by atoms with Crippen LogP contribution in [0.3, 0.4) is 0 Å². The molecule has 0 saturated carbocycles. The van der Waals surface area contributed by atoms with Crippen LogP contribution in [0.2, 0.25) is 0 Å². The lowest BCUT2D eigenvalue weighted by Crippen LogP contribution is -2.59. The number of hydrogen-bond acceptors (Lipinski definition) is 4. The van der Waals surface area contributed by atoms with Crippen LogP contribution in [0.15, 0.2) is 11.6 Å². The number of carboxylic acids is 1. The Hall–Kier alpha value is -1.89. The van der Waals surface area contributed by atoms with Crippen LogP contribution in [0.4, 0.5) is 0 Å². The maximum absolute atomic E-state index is 13.6. The predicted molar refractivity (Wildman–Crippen MR) is 124 cm³/mol. The molecule has 0 bridgehead atoms. The molecule has 0 spiro atoms. The van der Waals surface area contributed by atoms with Gasteiger partial charge in [-0.2, -0.15) is 0 Å². The molecule has 1 unspecified atom stereocenters. The number of likely N-dealkylation sites (N-methyl/N-ethyl adjacent to an activating group) is 1. The second-order valence-electron chi connectivity index (χ2n) is 9.59. The minimum Gasteiger partial charge on any atom is -0.478 e. The normalized spacial score (nSPS) is 20.1. The summed E-state index contributed by atoms with van der Waals surface area (Å²) in [5.74, 6) is -1.29. The van der Waals surface area contributed by atoms with Crippen molar-refractivity contribution in [2.45, 2.75) is 98.8 Å². The Morgan fingerprint density at radius 1 is 1.10 bits per heavy atom. The van der Waals surface area contributed by atoms with Crippen molar-refractivity contribution in [3.63, 3.8) is 0 Å². The fraction of sp³-hybridized carbons (Fsp3) is 0.792. The molecule has 0 radical (unpaired) electrons. The molecule has 1 aliphatic rings. The number of nitrogens with one attached hydrogen (secondary N) is 1. The third kappa shape index (κ3) is 7.34. The van der Waals surface area contributed by atoms with E-state index in [9.17, 15) is 19.5 Å². The molecule has 0 aliphatic carbocycles. The van der Waals surface area contributed by atoms with Crippen LogP contribution in [-0.2, 0) is 14.4 Å². The van der Waals surface area contributed by atoms with E-state index < -0.39 is 12.0 Å². The molecule has 7 nitrogen and oxygen atoms in total. The lowest BCUT2D eigenvalue weighted by atomic mass is 9.95. The van der Waals surface area contributed by atoms with Gasteiger partial charge >= 0.3 is 5.97 Å². The second kappa shape index (κ2) is 12.2. The molecule has 178 valence electrons. The van der Waals surface area contributed by atoms with E-state index in [-0.39, 0.29) is 47.3 Å². The molecule has 0 aromatic heterocycles. The highest BCUT2D eigenvalue weighted by atomic mass is 16.4. The van der Waals surface area contributed by atoms with Gasteiger partial charge in [0.05, 0.1) is 12.1 Å². The Bertz CT molecular complexity index is 657. The minimum atomic E-state index is -0.992. The first kappa shape index (κ1) is 27.1. The SMILES string of the molecule is CCN(C(=O)[C@@H](NC(=O)C1CCCCN1C(C)C)C(C)C)[C@H](/C=C(\C)C(=O)O)C(C)C. The number of rotatable bonds is 10. The summed E-state index contributed by atoms with van der Waals surface area (Å²) in [5.41, 5.74) is 0.213. The molecule has 1 saturated heterocycles. The van der Waals surface area contributed by atoms with Gasteiger partial charge in [-0.25, -0.2) is 4.79 Å². The molecule has 1 rings (SSSR count). The van der Waals surface area contributed by atoms with Crippen molar-refractivity contribution in [2.75, 3.05) is 13.1 Å². The number of carbonyl (C=O) groups excluding carboxylic acids is 2. The van der Waals surface area contributed by atoms with E-state index in [0.717, 1.165) is 25.8 Å². The Morgan fingerprint density at radius 2 is 1.71 bits per heavy atom. The molecule has 2 N–H and O–H groups in total. The third-order valence-corrected chi connectivity index (χ3v) is 6.17. The van der Waals surface area contributed by atoms with Crippen LogP contribution in [-0.4, -0.2) is 69.9 Å². The fourth-order valence-corrected chi connectivity index (χ4v) is 4.28. The third-order valence-electron chi connectivity index (χ3n) is 6.17. The van der Waals surface area contributed by atoms with E-state index in [4.69, 9.17) is 0 Å². The summed E-state index contributed by atoms with van der Waals surface area (Å²) in [6.07, 6.45) is 4.55. The quantitative estimate of drug-likeness (QED) is 0.512. The van der Waals surface area contributed by atoms with Crippen LogP contribution < -0.4 is 5.32 Å². The number of piperidine rings is 1. The highest BCUT2D eigenvalue weighted by Crippen LogP contribution is 2.22. The summed E-state index contributed by atoms with van der Waals surface area (Å²) in [4.78, 5) is 42.0. The molecule has 1 fully saturated rings. The van der Waals surface area contributed by atoms with E-state index in [1.807, 2.05) is 34.6 Å². The number of likely N-dealkylation sites (tertiary alicyclic amines) is 1. The molecule has 31 heavy (non-hydrogen) atoms. The summed E-state index contributed by atoms with van der Waals surface area (Å²) in [6, 6.07) is -0.949. The van der Waals surface area contributed by atoms with Gasteiger partial charge in [-0.15, -0.1) is 0 Å². The number of aliphatic carboxylic acids is 1. The predicted octanol–water partition coefficient (Wildman–Crippen LogP) is 3.29. The maximum Gasteiger partial charge on any atom is 0.331 e. The minimum absolute atomic E-state index is 0.0384. The number of carboxylic acid groups (broad SMARTS) is 1. The van der Waals surface area contributed by atoms with Gasteiger partial charge in [-0.1, -0.05) is 40.2 Å². The van der Waals surface area contributed by atoms with Crippen molar-refractivity contribution in [2.24, 2.45) is 11.8 Å². The molecular weight excluding hydrogens is 394 g/mol. The molecule has 1 heterocycles. The average Bonchev–Trinajstić information content (AvgIpc) is 2.70. The summed E-state index contributed by atoms with van der Waals surface area (Å²) >= 11 is 0. The molecule has 3 atom stereocenters. The van der Waals surface area contributed by atoms with E-state index in [2.05, 4.69) is 24.1 Å². The van der Waals surface area contributed by atoms with Crippen molar-refractivity contribution >= 4 is 17.8 Å². The van der Waals surface area contributed by atoms with Crippen LogP contribution in [0, 0.1) is 11.8 Å². The largest absolute Gasteiger partial charge is 0.478 e. The number of nitrogens with zero attached hydrogens (tertiary/aromatic N) is 2. The highest BCUT2D eigenvalue weighted by Gasteiger charge is 2.36. The van der Waals surface area contributed by atoms with Gasteiger partial charge in [0.2, 0.25) is 11.8 Å². The lowest BCUT2D eigenvalue weighted by molar-refractivity contribution is -0.141. The molecule has 0 aromatic carbocycles. The highest BCUT2D eigenvalue weighted by molar-refractivity contribution is 5.90. The van der Waals surface area contributed by atoms with Gasteiger partial charge < -0.3 is 15.3 Å². The van der Waals surface area contributed by atoms with E-state index >= 15 is 0 Å². The van der Waals surface area contributed by atoms with Crippen LogP contribution in [0.1, 0.15) is 74.7 Å². The van der Waals surface area contributed by atoms with Crippen molar-refractivity contribution < 1.29 is 19.5 Å². The van der Waals surface area contributed by atoms with Gasteiger partial charge in [0, 0.05) is 18.2 Å². The first-order valence-electron chi connectivity index (χ1n) is 11.7. The van der Waals surface area contributed by atoms with Crippen molar-refractivity contribution in [1.82, 2.24) is 15.1 Å². The van der Waals surface area contributed by atoms with Gasteiger partial charge in [0.1, 0.15) is 6.04 Å². The van der Waals surface area contributed by atoms with Crippen LogP contribution in [0.25, 0.3) is 0 Å². The summed E-state index contributed by atoms with van der Waals surface area (Å²) in [7, 11) is 0. The van der Waals surface area contributed by atoms with E-state index in [1.54, 1.807) is 17.9 Å². The zero-order valence-corrected chi connectivity index (χ0v) is 20.6. The summed E-state index contributed by atoms with van der Waals surface area (Å²) in [6.45, 7) is 16.8. The molecule has 7 heteroatoms. The smallest absolute Gasteiger partial charge is 0.331 e. The van der Waals surface area contributed by atoms with Gasteiger partial charge in [-0.05, 0) is 58.9 Å². The van der Waals surface area contributed by atoms with E-state index in [0.29, 0.717) is 6.54 Å². The van der Waals surface area contributed by atoms with E-state index in [1.165, 1.54) is 0 Å². The van der Waals surface area contributed by atoms with Crippen molar-refractivity contribution in [3.05, 3.63) is 11.6 Å². The Kier molecular flexibility index (Phi) is 10.7. The van der Waals surface area contributed by atoms with Crippen molar-refractivity contribution in [1.29, 1.82) is 0 Å². The zero-order valence-electron chi connectivity index (χ0n) is 20.6. The monoisotopic (exact) mass is 437 g/mol. The lowest BCUT2D eigenvalue weighted by Gasteiger charge is -2.39. The number of carbonyl (C=O) groups is 3. The summed E-state index contributed by atoms with van der Waals surface area (Å²) < 4.78 is 0. The van der Waals surface area contributed by atoms with Gasteiger partial charge in [-0.3, -0.25) is 14.5 Å². The maximum atomic E-state index is 13.6. The molecule has 1 aliphatic heterocycles.